The molecule has 0 aliphatic rings. The van der Waals surface area contributed by atoms with E-state index < -0.39 is 0 Å². The molecule has 0 unspecified atom stereocenters. The molecule has 4 nitrogen and oxygen atoms in total. The van der Waals surface area contributed by atoms with Gasteiger partial charge in [-0.05, 0) is 24.3 Å². The smallest absolute Gasteiger partial charge is 0.280 e. The van der Waals surface area contributed by atoms with E-state index in [-0.39, 0.29) is 11.8 Å². The van der Waals surface area contributed by atoms with Crippen LogP contribution in [0.15, 0.2) is 24.3 Å². The first-order valence-corrected chi connectivity index (χ1v) is 6.00. The Morgan fingerprint density at radius 3 is 2.47 bits per heavy atom. The molecule has 0 saturated heterocycles. The van der Waals surface area contributed by atoms with Gasteiger partial charge >= 0.3 is 0 Å². The Morgan fingerprint density at radius 1 is 1.29 bits per heavy atom. The van der Waals surface area contributed by atoms with Crippen molar-refractivity contribution >= 4 is 22.9 Å². The van der Waals surface area contributed by atoms with E-state index in [9.17, 15) is 0 Å². The third kappa shape index (κ3) is 2.88. The summed E-state index contributed by atoms with van der Waals surface area (Å²) in [5.74, 6) is 1.39. The fraction of sp³-hybridized carbons (Fsp3) is 0.182. The number of hydrogen-bond acceptors (Lipinski definition) is 5. The number of thiazole rings is 1. The topological polar surface area (TPSA) is 51.6 Å². The minimum atomic E-state index is -0.136. The van der Waals surface area contributed by atoms with E-state index in [0.29, 0.717) is 15.8 Å². The lowest BCUT2D eigenvalue weighted by Gasteiger charge is -2.02. The summed E-state index contributed by atoms with van der Waals surface area (Å²) in [7, 11) is 1.60. The van der Waals surface area contributed by atoms with Gasteiger partial charge in [-0.2, -0.15) is 4.98 Å². The van der Waals surface area contributed by atoms with Gasteiger partial charge in [-0.1, -0.05) is 22.9 Å². The summed E-state index contributed by atoms with van der Waals surface area (Å²) in [4.78, 5) is 4.58. The lowest BCUT2D eigenvalue weighted by molar-refractivity contribution is 0.285. The summed E-state index contributed by atoms with van der Waals surface area (Å²) in [6.45, 7) is -0.136. The molecule has 1 aromatic carbocycles. The summed E-state index contributed by atoms with van der Waals surface area (Å²) in [6, 6.07) is 7.12. The molecule has 0 atom stereocenters. The number of nitrogens with zero attached hydrogens (tertiary/aromatic N) is 1. The molecule has 90 valence electrons. The molecule has 1 N–H and O–H groups in total. The van der Waals surface area contributed by atoms with Gasteiger partial charge in [-0.25, -0.2) is 0 Å². The molecule has 0 amide bonds. The molecule has 0 aliphatic carbocycles. The maximum absolute atomic E-state index is 8.98. The Morgan fingerprint density at radius 2 is 1.94 bits per heavy atom. The lowest BCUT2D eigenvalue weighted by atomic mass is 10.3. The van der Waals surface area contributed by atoms with Crippen LogP contribution in [-0.4, -0.2) is 17.2 Å². The largest absolute Gasteiger partial charge is 0.497 e. The first-order chi connectivity index (χ1) is 8.22. The second kappa shape index (κ2) is 5.35. The maximum atomic E-state index is 8.98. The molecular weight excluding hydrogens is 262 g/mol. The zero-order chi connectivity index (χ0) is 12.3. The number of aliphatic hydroxyl groups excluding tert-OH is 1. The predicted octanol–water partition coefficient (Wildman–Crippen LogP) is 3.09. The normalized spacial score (nSPS) is 10.3. The van der Waals surface area contributed by atoms with Crippen LogP contribution in [0.1, 0.15) is 4.88 Å². The van der Waals surface area contributed by atoms with E-state index in [0.717, 1.165) is 5.75 Å². The van der Waals surface area contributed by atoms with Crippen LogP contribution in [0.5, 0.6) is 16.7 Å². The summed E-state index contributed by atoms with van der Waals surface area (Å²) < 4.78 is 10.5. The standard InChI is InChI=1S/C11H10ClNO3S/c1-15-7-2-4-8(5-3-7)16-11-13-10(12)9(6-14)17-11/h2-5,14H,6H2,1H3. The minimum Gasteiger partial charge on any atom is -0.497 e. The van der Waals surface area contributed by atoms with Crippen molar-refractivity contribution in [1.82, 2.24) is 4.98 Å². The Labute approximate surface area is 107 Å². The van der Waals surface area contributed by atoms with Crippen molar-refractivity contribution in [1.29, 1.82) is 0 Å². The third-order valence-electron chi connectivity index (χ3n) is 2.04. The lowest BCUT2D eigenvalue weighted by Crippen LogP contribution is -1.84. The number of aliphatic hydroxyl groups is 1. The summed E-state index contributed by atoms with van der Waals surface area (Å²) >= 11 is 7.02. The molecule has 0 bridgehead atoms. The summed E-state index contributed by atoms with van der Waals surface area (Å²) in [5.41, 5.74) is 0. The zero-order valence-corrected chi connectivity index (χ0v) is 10.6. The fourth-order valence-corrected chi connectivity index (χ4v) is 2.18. The number of benzene rings is 1. The Hall–Kier alpha value is -1.30. The van der Waals surface area contributed by atoms with Crippen LogP contribution in [0.4, 0.5) is 0 Å². The Kier molecular flexibility index (Phi) is 3.83. The SMILES string of the molecule is COc1ccc(Oc2nc(Cl)c(CO)s2)cc1. The average molecular weight is 272 g/mol. The van der Waals surface area contributed by atoms with Gasteiger partial charge in [0, 0.05) is 0 Å². The quantitative estimate of drug-likeness (QED) is 0.928. The first-order valence-electron chi connectivity index (χ1n) is 4.81. The van der Waals surface area contributed by atoms with E-state index in [1.54, 1.807) is 31.4 Å². The highest BCUT2D eigenvalue weighted by molar-refractivity contribution is 7.13. The van der Waals surface area contributed by atoms with Gasteiger partial charge in [-0.15, -0.1) is 0 Å². The average Bonchev–Trinajstić information content (AvgIpc) is 2.70. The van der Waals surface area contributed by atoms with Crippen LogP contribution >= 0.6 is 22.9 Å². The second-order valence-electron chi connectivity index (χ2n) is 3.13. The number of methoxy groups -OCH3 is 1. The molecule has 0 radical (unpaired) electrons. The number of ether oxygens (including phenoxy) is 2. The summed E-state index contributed by atoms with van der Waals surface area (Å²) in [6.07, 6.45) is 0. The van der Waals surface area contributed by atoms with Crippen LogP contribution in [0, 0.1) is 0 Å². The van der Waals surface area contributed by atoms with Crippen molar-refractivity contribution in [3.8, 4) is 16.7 Å². The molecule has 1 aromatic heterocycles. The molecule has 2 rings (SSSR count). The Balaban J connectivity index is 2.13. The van der Waals surface area contributed by atoms with E-state index in [2.05, 4.69) is 4.98 Å². The molecule has 6 heteroatoms. The predicted molar refractivity (Wildman–Crippen MR) is 66.1 cm³/mol. The zero-order valence-electron chi connectivity index (χ0n) is 9.01. The first kappa shape index (κ1) is 12.2. The van der Waals surface area contributed by atoms with Crippen LogP contribution in [0.3, 0.4) is 0 Å². The monoisotopic (exact) mass is 271 g/mol. The molecule has 2 aromatic rings. The highest BCUT2D eigenvalue weighted by atomic mass is 35.5. The van der Waals surface area contributed by atoms with Gasteiger partial charge in [-0.3, -0.25) is 0 Å². The number of rotatable bonds is 4. The molecule has 0 fully saturated rings. The van der Waals surface area contributed by atoms with Crippen molar-refractivity contribution < 1.29 is 14.6 Å². The molecule has 0 saturated carbocycles. The van der Waals surface area contributed by atoms with Crippen LogP contribution < -0.4 is 9.47 Å². The van der Waals surface area contributed by atoms with Crippen molar-refractivity contribution in [2.24, 2.45) is 0 Å². The Bertz CT molecular complexity index is 498. The fourth-order valence-electron chi connectivity index (χ4n) is 1.20. The van der Waals surface area contributed by atoms with Crippen LogP contribution in [0.25, 0.3) is 0 Å². The van der Waals surface area contributed by atoms with Gasteiger partial charge in [0.25, 0.3) is 5.19 Å². The molecular formula is C11H10ClNO3S. The van der Waals surface area contributed by atoms with Gasteiger partial charge in [0.2, 0.25) is 0 Å². The van der Waals surface area contributed by atoms with Crippen molar-refractivity contribution in [3.05, 3.63) is 34.3 Å². The van der Waals surface area contributed by atoms with Gasteiger partial charge < -0.3 is 14.6 Å². The highest BCUT2D eigenvalue weighted by Crippen LogP contribution is 2.32. The maximum Gasteiger partial charge on any atom is 0.280 e. The molecule has 17 heavy (non-hydrogen) atoms. The molecule has 1 heterocycles. The second-order valence-corrected chi connectivity index (χ2v) is 4.53. The number of aromatic nitrogens is 1. The van der Waals surface area contributed by atoms with Gasteiger partial charge in [0.15, 0.2) is 0 Å². The van der Waals surface area contributed by atoms with E-state index in [1.165, 1.54) is 11.3 Å². The van der Waals surface area contributed by atoms with Gasteiger partial charge in [0.1, 0.15) is 16.7 Å². The summed E-state index contributed by atoms with van der Waals surface area (Å²) in [5, 5.41) is 9.67. The van der Waals surface area contributed by atoms with E-state index in [4.69, 9.17) is 26.2 Å². The third-order valence-corrected chi connectivity index (χ3v) is 3.38. The van der Waals surface area contributed by atoms with Crippen molar-refractivity contribution in [2.45, 2.75) is 6.61 Å². The highest BCUT2D eigenvalue weighted by Gasteiger charge is 2.09. The molecule has 0 spiro atoms. The number of hydrogen-bond donors (Lipinski definition) is 1. The van der Waals surface area contributed by atoms with E-state index in [1.807, 2.05) is 0 Å². The molecule has 0 aliphatic heterocycles. The van der Waals surface area contributed by atoms with Crippen molar-refractivity contribution in [3.63, 3.8) is 0 Å². The van der Waals surface area contributed by atoms with Crippen LogP contribution in [0.2, 0.25) is 5.15 Å². The number of halogens is 1. The minimum absolute atomic E-state index is 0.136. The van der Waals surface area contributed by atoms with Crippen molar-refractivity contribution in [2.75, 3.05) is 7.11 Å². The van der Waals surface area contributed by atoms with Gasteiger partial charge in [0.05, 0.1) is 18.6 Å². The van der Waals surface area contributed by atoms with E-state index >= 15 is 0 Å². The van der Waals surface area contributed by atoms with Crippen LogP contribution in [-0.2, 0) is 6.61 Å².